The first-order valence-electron chi connectivity index (χ1n) is 10.9. The van der Waals surface area contributed by atoms with Crippen LogP contribution in [0.2, 0.25) is 0 Å². The molecule has 6 nitrogen and oxygen atoms in total. The highest BCUT2D eigenvalue weighted by atomic mass is 16.4. The lowest BCUT2D eigenvalue weighted by Crippen LogP contribution is -2.46. The zero-order chi connectivity index (χ0) is 23.8. The number of rotatable bonds is 9. The van der Waals surface area contributed by atoms with E-state index in [4.69, 9.17) is 5.11 Å². The molecule has 0 bridgehead atoms. The second kappa shape index (κ2) is 11.1. The number of carboxylic acid groups (broad SMARTS) is 1. The number of nitrogens with one attached hydrogen (secondary N) is 2. The van der Waals surface area contributed by atoms with Crippen molar-refractivity contribution in [3.63, 3.8) is 0 Å². The van der Waals surface area contributed by atoms with Crippen LogP contribution in [0.15, 0.2) is 72.8 Å². The largest absolute Gasteiger partial charge is 0.481 e. The summed E-state index contributed by atoms with van der Waals surface area (Å²) in [4.78, 5) is 36.6. The quantitative estimate of drug-likeness (QED) is 0.460. The number of carboxylic acids is 1. The first-order valence-corrected chi connectivity index (χ1v) is 10.9. The smallest absolute Gasteiger partial charge is 0.303 e. The number of aryl methyl sites for hydroxylation is 2. The van der Waals surface area contributed by atoms with Gasteiger partial charge in [-0.25, -0.2) is 0 Å². The molecule has 0 aliphatic heterocycles. The molecule has 3 aromatic rings. The van der Waals surface area contributed by atoms with Crippen LogP contribution in [-0.4, -0.2) is 28.9 Å². The standard InChI is InChI=1S/C27H28N2O4/c1-18-8-9-20(16-19(18)2)17-28-27(33)24(14-15-25(30)31)29-26(32)23-12-10-22(11-13-23)21-6-4-3-5-7-21/h3-13,16,24H,14-15,17H2,1-2H3,(H,28,33)(H,29,32)(H,30,31)/t24-/m0/s1. The molecule has 3 N–H and O–H groups in total. The van der Waals surface area contributed by atoms with Gasteiger partial charge in [-0.15, -0.1) is 0 Å². The summed E-state index contributed by atoms with van der Waals surface area (Å²) in [5.41, 5.74) is 5.63. The average molecular weight is 445 g/mol. The SMILES string of the molecule is Cc1ccc(CNC(=O)[C@H](CCC(=O)O)NC(=O)c2ccc(-c3ccccc3)cc2)cc1C. The molecule has 0 aliphatic carbocycles. The molecule has 170 valence electrons. The summed E-state index contributed by atoms with van der Waals surface area (Å²) in [5.74, 6) is -1.86. The van der Waals surface area contributed by atoms with Gasteiger partial charge in [-0.3, -0.25) is 14.4 Å². The van der Waals surface area contributed by atoms with Gasteiger partial charge in [0.05, 0.1) is 0 Å². The molecular weight excluding hydrogens is 416 g/mol. The van der Waals surface area contributed by atoms with E-state index in [2.05, 4.69) is 10.6 Å². The van der Waals surface area contributed by atoms with Crippen molar-refractivity contribution in [2.24, 2.45) is 0 Å². The maximum absolute atomic E-state index is 12.8. The minimum Gasteiger partial charge on any atom is -0.481 e. The zero-order valence-electron chi connectivity index (χ0n) is 18.8. The van der Waals surface area contributed by atoms with Gasteiger partial charge < -0.3 is 15.7 Å². The van der Waals surface area contributed by atoms with Gasteiger partial charge in [-0.1, -0.05) is 60.7 Å². The molecule has 1 atom stereocenters. The van der Waals surface area contributed by atoms with E-state index in [1.807, 2.05) is 74.5 Å². The van der Waals surface area contributed by atoms with E-state index in [1.54, 1.807) is 12.1 Å². The molecule has 33 heavy (non-hydrogen) atoms. The number of hydrogen-bond acceptors (Lipinski definition) is 3. The third-order valence-electron chi connectivity index (χ3n) is 5.56. The number of aliphatic carboxylic acids is 1. The van der Waals surface area contributed by atoms with Gasteiger partial charge in [0.1, 0.15) is 6.04 Å². The molecule has 0 spiro atoms. The minimum atomic E-state index is -1.02. The Morgan fingerprint density at radius 2 is 1.52 bits per heavy atom. The Hall–Kier alpha value is -3.93. The van der Waals surface area contributed by atoms with Gasteiger partial charge in [-0.2, -0.15) is 0 Å². The highest BCUT2D eigenvalue weighted by Crippen LogP contribution is 2.19. The topological polar surface area (TPSA) is 95.5 Å². The van der Waals surface area contributed by atoms with E-state index >= 15 is 0 Å². The van der Waals surface area contributed by atoms with Crippen molar-refractivity contribution in [2.45, 2.75) is 39.3 Å². The first-order chi connectivity index (χ1) is 15.8. The predicted molar refractivity (Wildman–Crippen MR) is 128 cm³/mol. The van der Waals surface area contributed by atoms with E-state index in [0.29, 0.717) is 12.1 Å². The monoisotopic (exact) mass is 444 g/mol. The summed E-state index contributed by atoms with van der Waals surface area (Å²) in [7, 11) is 0. The number of hydrogen-bond donors (Lipinski definition) is 3. The Morgan fingerprint density at radius 3 is 2.15 bits per heavy atom. The Balaban J connectivity index is 1.66. The third-order valence-corrected chi connectivity index (χ3v) is 5.56. The van der Waals surface area contributed by atoms with Crippen molar-refractivity contribution >= 4 is 17.8 Å². The van der Waals surface area contributed by atoms with Crippen LogP contribution in [0.25, 0.3) is 11.1 Å². The molecule has 6 heteroatoms. The van der Waals surface area contributed by atoms with E-state index < -0.39 is 23.8 Å². The minimum absolute atomic E-state index is 0.00192. The Morgan fingerprint density at radius 1 is 0.848 bits per heavy atom. The number of carbonyl (C=O) groups is 3. The van der Waals surface area contributed by atoms with Crippen molar-refractivity contribution in [1.29, 1.82) is 0 Å². The lowest BCUT2D eigenvalue weighted by atomic mass is 10.0. The van der Waals surface area contributed by atoms with Gasteiger partial charge >= 0.3 is 5.97 Å². The highest BCUT2D eigenvalue weighted by Gasteiger charge is 2.22. The second-order valence-corrected chi connectivity index (χ2v) is 8.04. The lowest BCUT2D eigenvalue weighted by molar-refractivity contribution is -0.137. The summed E-state index contributed by atoms with van der Waals surface area (Å²) in [6.45, 7) is 4.31. The van der Waals surface area contributed by atoms with Crippen LogP contribution in [0, 0.1) is 13.8 Å². The highest BCUT2D eigenvalue weighted by molar-refractivity contribution is 5.98. The Bertz CT molecular complexity index is 1120. The fourth-order valence-corrected chi connectivity index (χ4v) is 3.45. The normalized spacial score (nSPS) is 11.5. The number of carbonyl (C=O) groups excluding carboxylic acids is 2. The third kappa shape index (κ3) is 6.77. The zero-order valence-corrected chi connectivity index (χ0v) is 18.8. The molecule has 0 unspecified atom stereocenters. The Labute approximate surface area is 193 Å². The maximum Gasteiger partial charge on any atom is 0.303 e. The predicted octanol–water partition coefficient (Wildman–Crippen LogP) is 4.25. The average Bonchev–Trinajstić information content (AvgIpc) is 2.82. The summed E-state index contributed by atoms with van der Waals surface area (Å²) < 4.78 is 0. The molecule has 0 heterocycles. The first kappa shape index (κ1) is 23.7. The fourth-order valence-electron chi connectivity index (χ4n) is 3.45. The van der Waals surface area contributed by atoms with Crippen molar-refractivity contribution in [3.05, 3.63) is 95.1 Å². The van der Waals surface area contributed by atoms with Crippen LogP contribution >= 0.6 is 0 Å². The summed E-state index contributed by atoms with van der Waals surface area (Å²) in [6.07, 6.45) is -0.225. The fraction of sp³-hybridized carbons (Fsp3) is 0.222. The molecule has 3 rings (SSSR count). The molecule has 0 saturated carbocycles. The molecule has 0 aliphatic rings. The molecule has 0 saturated heterocycles. The van der Waals surface area contributed by atoms with Crippen molar-refractivity contribution < 1.29 is 19.5 Å². The molecule has 3 aromatic carbocycles. The molecule has 2 amide bonds. The van der Waals surface area contributed by atoms with Crippen molar-refractivity contribution in [3.8, 4) is 11.1 Å². The van der Waals surface area contributed by atoms with Gasteiger partial charge in [0.2, 0.25) is 5.91 Å². The van der Waals surface area contributed by atoms with Gasteiger partial charge in [0, 0.05) is 18.5 Å². The van der Waals surface area contributed by atoms with E-state index in [1.165, 1.54) is 0 Å². The van der Waals surface area contributed by atoms with Gasteiger partial charge in [0.25, 0.3) is 5.91 Å². The van der Waals surface area contributed by atoms with Crippen molar-refractivity contribution in [2.75, 3.05) is 0 Å². The maximum atomic E-state index is 12.8. The van der Waals surface area contributed by atoms with Crippen LogP contribution in [0.1, 0.15) is 39.9 Å². The van der Waals surface area contributed by atoms with Crippen LogP contribution in [0.4, 0.5) is 0 Å². The van der Waals surface area contributed by atoms with Gasteiger partial charge in [-0.05, 0) is 60.2 Å². The van der Waals surface area contributed by atoms with E-state index in [-0.39, 0.29) is 12.8 Å². The summed E-state index contributed by atoms with van der Waals surface area (Å²) in [5, 5.41) is 14.6. The number of benzene rings is 3. The molecule has 0 fully saturated rings. The number of amides is 2. The van der Waals surface area contributed by atoms with Crippen LogP contribution in [0.3, 0.4) is 0 Å². The second-order valence-electron chi connectivity index (χ2n) is 8.04. The summed E-state index contributed by atoms with van der Waals surface area (Å²) >= 11 is 0. The molecule has 0 radical (unpaired) electrons. The van der Waals surface area contributed by atoms with Crippen LogP contribution < -0.4 is 10.6 Å². The Kier molecular flexibility index (Phi) is 7.97. The summed E-state index contributed by atoms with van der Waals surface area (Å²) in [6, 6.07) is 21.8. The van der Waals surface area contributed by atoms with Gasteiger partial charge in [0.15, 0.2) is 0 Å². The van der Waals surface area contributed by atoms with Crippen LogP contribution in [-0.2, 0) is 16.1 Å². The van der Waals surface area contributed by atoms with E-state index in [9.17, 15) is 14.4 Å². The van der Waals surface area contributed by atoms with E-state index in [0.717, 1.165) is 27.8 Å². The van der Waals surface area contributed by atoms with Crippen molar-refractivity contribution in [1.82, 2.24) is 10.6 Å². The lowest BCUT2D eigenvalue weighted by Gasteiger charge is -2.18. The molecule has 0 aromatic heterocycles. The molecular formula is C27H28N2O4. The van der Waals surface area contributed by atoms with Crippen LogP contribution in [0.5, 0.6) is 0 Å².